The maximum atomic E-state index is 5.31. The van der Waals surface area contributed by atoms with Crippen LogP contribution in [0.2, 0.25) is 0 Å². The predicted octanol–water partition coefficient (Wildman–Crippen LogP) is 2.65. The summed E-state index contributed by atoms with van der Waals surface area (Å²) >= 11 is 0. The quantitative estimate of drug-likeness (QED) is 0.828. The van der Waals surface area contributed by atoms with Gasteiger partial charge in [-0.2, -0.15) is 0 Å². The van der Waals surface area contributed by atoms with Gasteiger partial charge in [0.2, 0.25) is 0 Å². The highest BCUT2D eigenvalue weighted by molar-refractivity contribution is 5.26. The number of methoxy groups -OCH3 is 1. The van der Waals surface area contributed by atoms with Crippen molar-refractivity contribution in [1.82, 2.24) is 10.2 Å². The third kappa shape index (κ3) is 4.58. The fraction of sp³-hybridized carbons (Fsp3) is 0.647. The van der Waals surface area contributed by atoms with Gasteiger partial charge in [-0.25, -0.2) is 0 Å². The van der Waals surface area contributed by atoms with E-state index in [1.807, 2.05) is 0 Å². The van der Waals surface area contributed by atoms with Gasteiger partial charge in [-0.3, -0.25) is 4.90 Å². The number of piperidine rings is 1. The van der Waals surface area contributed by atoms with Gasteiger partial charge >= 0.3 is 0 Å². The number of nitrogens with zero attached hydrogens (tertiary/aromatic N) is 1. The highest BCUT2D eigenvalue weighted by Gasteiger charge is 2.17. The van der Waals surface area contributed by atoms with E-state index >= 15 is 0 Å². The van der Waals surface area contributed by atoms with Crippen molar-refractivity contribution in [2.75, 3.05) is 33.3 Å². The van der Waals surface area contributed by atoms with Crippen molar-refractivity contribution in [3.63, 3.8) is 0 Å². The molecule has 0 unspecified atom stereocenters. The van der Waals surface area contributed by atoms with Gasteiger partial charge in [-0.1, -0.05) is 31.2 Å². The number of rotatable bonds is 7. The number of benzene rings is 1. The molecule has 1 N–H and O–H groups in total. The van der Waals surface area contributed by atoms with Crippen LogP contribution in [-0.4, -0.2) is 38.2 Å². The molecule has 1 aromatic carbocycles. The van der Waals surface area contributed by atoms with Crippen molar-refractivity contribution in [2.45, 2.75) is 32.9 Å². The van der Waals surface area contributed by atoms with E-state index < -0.39 is 0 Å². The Bertz CT molecular complexity index is 388. The van der Waals surface area contributed by atoms with Crippen molar-refractivity contribution in [3.8, 4) is 0 Å². The van der Waals surface area contributed by atoms with Crippen LogP contribution in [-0.2, 0) is 17.9 Å². The summed E-state index contributed by atoms with van der Waals surface area (Å²) in [6.07, 6.45) is 2.63. The van der Waals surface area contributed by atoms with Gasteiger partial charge in [0.05, 0.1) is 6.61 Å². The molecule has 3 nitrogen and oxygen atoms in total. The molecule has 2 rings (SSSR count). The van der Waals surface area contributed by atoms with E-state index in [0.717, 1.165) is 19.0 Å². The highest BCUT2D eigenvalue weighted by Crippen LogP contribution is 2.17. The van der Waals surface area contributed by atoms with Crippen LogP contribution in [0.4, 0.5) is 0 Å². The molecule has 0 spiro atoms. The zero-order valence-corrected chi connectivity index (χ0v) is 12.9. The van der Waals surface area contributed by atoms with Crippen LogP contribution in [0.15, 0.2) is 24.3 Å². The van der Waals surface area contributed by atoms with Crippen molar-refractivity contribution in [2.24, 2.45) is 5.92 Å². The van der Waals surface area contributed by atoms with Crippen LogP contribution >= 0.6 is 0 Å². The Labute approximate surface area is 123 Å². The van der Waals surface area contributed by atoms with E-state index in [1.165, 1.54) is 43.6 Å². The predicted molar refractivity (Wildman–Crippen MR) is 83.7 cm³/mol. The summed E-state index contributed by atoms with van der Waals surface area (Å²) in [7, 11) is 1.77. The molecule has 0 saturated carbocycles. The molecule has 112 valence electrons. The van der Waals surface area contributed by atoms with E-state index in [1.54, 1.807) is 7.11 Å². The minimum absolute atomic E-state index is 0.709. The summed E-state index contributed by atoms with van der Waals surface area (Å²) < 4.78 is 5.31. The summed E-state index contributed by atoms with van der Waals surface area (Å²) in [5, 5.41) is 3.45. The lowest BCUT2D eigenvalue weighted by Gasteiger charge is -2.29. The molecular formula is C17H28N2O. The molecule has 1 aliphatic heterocycles. The first-order valence-electron chi connectivity index (χ1n) is 7.82. The highest BCUT2D eigenvalue weighted by atomic mass is 16.5. The Hall–Kier alpha value is -0.900. The van der Waals surface area contributed by atoms with Gasteiger partial charge < -0.3 is 10.1 Å². The van der Waals surface area contributed by atoms with E-state index in [-0.39, 0.29) is 0 Å². The van der Waals surface area contributed by atoms with Crippen molar-refractivity contribution in [3.05, 3.63) is 35.4 Å². The first kappa shape index (κ1) is 15.5. The van der Waals surface area contributed by atoms with Crippen LogP contribution in [0.25, 0.3) is 0 Å². The van der Waals surface area contributed by atoms with Crippen LogP contribution in [0, 0.1) is 5.92 Å². The zero-order chi connectivity index (χ0) is 14.2. The molecule has 1 heterocycles. The van der Waals surface area contributed by atoms with Gasteiger partial charge in [0.1, 0.15) is 0 Å². The Morgan fingerprint density at radius 3 is 2.55 bits per heavy atom. The molecule has 0 radical (unpaired) electrons. The second-order valence-corrected chi connectivity index (χ2v) is 5.72. The standard InChI is InChI=1S/C17H28N2O/c1-3-19(12-15-8-10-18-11-9-15)13-16-6-4-5-7-17(16)14-20-2/h4-7,15,18H,3,8-14H2,1-2H3. The molecule has 1 fully saturated rings. The van der Waals surface area contributed by atoms with E-state index in [4.69, 9.17) is 4.74 Å². The SMILES string of the molecule is CCN(Cc1ccccc1COC)CC1CCNCC1. The van der Waals surface area contributed by atoms with E-state index in [0.29, 0.717) is 6.61 Å². The summed E-state index contributed by atoms with van der Waals surface area (Å²) in [6, 6.07) is 8.64. The van der Waals surface area contributed by atoms with Crippen LogP contribution in [0.1, 0.15) is 30.9 Å². The lowest BCUT2D eigenvalue weighted by molar-refractivity contribution is 0.179. The number of hydrogen-bond donors (Lipinski definition) is 1. The molecular weight excluding hydrogens is 248 g/mol. The molecule has 0 aromatic heterocycles. The third-order valence-corrected chi connectivity index (χ3v) is 4.23. The van der Waals surface area contributed by atoms with Crippen LogP contribution < -0.4 is 5.32 Å². The fourth-order valence-electron chi connectivity index (χ4n) is 2.98. The topological polar surface area (TPSA) is 24.5 Å². The molecule has 0 aliphatic carbocycles. The molecule has 1 aliphatic rings. The second kappa shape index (κ2) is 8.40. The van der Waals surface area contributed by atoms with Crippen molar-refractivity contribution in [1.29, 1.82) is 0 Å². The second-order valence-electron chi connectivity index (χ2n) is 5.72. The Balaban J connectivity index is 1.94. The number of hydrogen-bond acceptors (Lipinski definition) is 3. The Morgan fingerprint density at radius 1 is 1.20 bits per heavy atom. The van der Waals surface area contributed by atoms with E-state index in [9.17, 15) is 0 Å². The van der Waals surface area contributed by atoms with Gasteiger partial charge in [-0.05, 0) is 49.5 Å². The first-order valence-corrected chi connectivity index (χ1v) is 7.82. The van der Waals surface area contributed by atoms with Gasteiger partial charge in [-0.15, -0.1) is 0 Å². The molecule has 20 heavy (non-hydrogen) atoms. The lowest BCUT2D eigenvalue weighted by atomic mass is 9.97. The first-order chi connectivity index (χ1) is 9.83. The molecule has 1 saturated heterocycles. The Kier molecular flexibility index (Phi) is 6.51. The molecule has 0 bridgehead atoms. The van der Waals surface area contributed by atoms with E-state index in [2.05, 4.69) is 41.4 Å². The minimum atomic E-state index is 0.709. The lowest BCUT2D eigenvalue weighted by Crippen LogP contribution is -2.36. The minimum Gasteiger partial charge on any atom is -0.380 e. The van der Waals surface area contributed by atoms with Crippen LogP contribution in [0.3, 0.4) is 0 Å². The molecule has 3 heteroatoms. The Morgan fingerprint density at radius 2 is 1.90 bits per heavy atom. The largest absolute Gasteiger partial charge is 0.380 e. The summed E-state index contributed by atoms with van der Waals surface area (Å²) in [6.45, 7) is 8.72. The third-order valence-electron chi connectivity index (χ3n) is 4.23. The smallest absolute Gasteiger partial charge is 0.0716 e. The van der Waals surface area contributed by atoms with Gasteiger partial charge in [0.25, 0.3) is 0 Å². The average Bonchev–Trinajstić information content (AvgIpc) is 2.50. The summed E-state index contributed by atoms with van der Waals surface area (Å²) in [5.74, 6) is 0.853. The zero-order valence-electron chi connectivity index (χ0n) is 12.9. The molecule has 0 atom stereocenters. The van der Waals surface area contributed by atoms with Gasteiger partial charge in [0, 0.05) is 20.2 Å². The fourth-order valence-corrected chi connectivity index (χ4v) is 2.98. The summed E-state index contributed by atoms with van der Waals surface area (Å²) in [4.78, 5) is 2.57. The maximum Gasteiger partial charge on any atom is 0.0716 e. The van der Waals surface area contributed by atoms with Crippen LogP contribution in [0.5, 0.6) is 0 Å². The normalized spacial score (nSPS) is 16.8. The monoisotopic (exact) mass is 276 g/mol. The van der Waals surface area contributed by atoms with Crippen molar-refractivity contribution < 1.29 is 4.74 Å². The van der Waals surface area contributed by atoms with Gasteiger partial charge in [0.15, 0.2) is 0 Å². The molecule has 0 amide bonds. The van der Waals surface area contributed by atoms with Crippen molar-refractivity contribution >= 4 is 0 Å². The average molecular weight is 276 g/mol. The summed E-state index contributed by atoms with van der Waals surface area (Å²) in [5.41, 5.74) is 2.73. The number of ether oxygens (including phenoxy) is 1. The number of nitrogens with one attached hydrogen (secondary N) is 1. The maximum absolute atomic E-state index is 5.31. The molecule has 1 aromatic rings.